The van der Waals surface area contributed by atoms with E-state index >= 15 is 0 Å². The molecule has 0 aliphatic heterocycles. The molecule has 146 valence electrons. The monoisotopic (exact) mass is 382 g/mol. The van der Waals surface area contributed by atoms with Crippen LogP contribution in [0.2, 0.25) is 0 Å². The van der Waals surface area contributed by atoms with Crippen LogP contribution in [-0.2, 0) is 0 Å². The van der Waals surface area contributed by atoms with E-state index in [4.69, 9.17) is 0 Å². The Balaban J connectivity index is 1.25. The summed E-state index contributed by atoms with van der Waals surface area (Å²) in [7, 11) is 0. The van der Waals surface area contributed by atoms with Crippen molar-refractivity contribution in [1.82, 2.24) is 5.32 Å². The van der Waals surface area contributed by atoms with Gasteiger partial charge in [0.25, 0.3) is 5.91 Å². The van der Waals surface area contributed by atoms with Gasteiger partial charge in [-0.2, -0.15) is 0 Å². The smallest absolute Gasteiger partial charge is 0.255 e. The molecule has 0 saturated heterocycles. The topological polar surface area (TPSA) is 41.1 Å². The Labute approximate surface area is 172 Å². The number of hydrogen-bond acceptors (Lipinski definition) is 2. The second kappa shape index (κ2) is 7.84. The van der Waals surface area contributed by atoms with Crippen molar-refractivity contribution in [1.29, 1.82) is 0 Å². The van der Waals surface area contributed by atoms with Crippen LogP contribution >= 0.6 is 0 Å². The third kappa shape index (κ3) is 4.41. The van der Waals surface area contributed by atoms with Gasteiger partial charge in [-0.1, -0.05) is 54.6 Å². The fourth-order valence-electron chi connectivity index (χ4n) is 3.95. The maximum absolute atomic E-state index is 12.8. The molecule has 2 atom stereocenters. The first-order chi connectivity index (χ1) is 14.3. The van der Waals surface area contributed by atoms with E-state index in [9.17, 15) is 4.79 Å². The number of benzene rings is 3. The van der Waals surface area contributed by atoms with Gasteiger partial charge in [-0.3, -0.25) is 4.79 Å². The van der Waals surface area contributed by atoms with Crippen LogP contribution in [0.3, 0.4) is 0 Å². The lowest BCUT2D eigenvalue weighted by Gasteiger charge is -2.09. The predicted molar refractivity (Wildman–Crippen MR) is 118 cm³/mol. The van der Waals surface area contributed by atoms with Gasteiger partial charge in [0.15, 0.2) is 0 Å². The van der Waals surface area contributed by atoms with Crippen molar-refractivity contribution in [3.05, 3.63) is 90.0 Å². The van der Waals surface area contributed by atoms with Gasteiger partial charge in [-0.25, -0.2) is 0 Å². The number of anilines is 1. The Kier molecular flexibility index (Phi) is 4.91. The molecule has 2 saturated carbocycles. The van der Waals surface area contributed by atoms with Crippen LogP contribution in [0.4, 0.5) is 5.69 Å². The molecule has 2 aliphatic rings. The fraction of sp³-hybridized carbons (Fsp3) is 0.269. The van der Waals surface area contributed by atoms with Crippen LogP contribution in [0.5, 0.6) is 0 Å². The molecule has 3 aromatic rings. The minimum Gasteiger partial charge on any atom is -0.322 e. The zero-order valence-electron chi connectivity index (χ0n) is 16.5. The molecular formula is C26H26N2O. The average molecular weight is 383 g/mol. The Morgan fingerprint density at radius 3 is 2.48 bits per heavy atom. The van der Waals surface area contributed by atoms with Crippen molar-refractivity contribution >= 4 is 11.6 Å². The van der Waals surface area contributed by atoms with E-state index in [0.717, 1.165) is 34.8 Å². The Morgan fingerprint density at radius 1 is 0.862 bits per heavy atom. The predicted octanol–water partition coefficient (Wildman–Crippen LogP) is 5.46. The van der Waals surface area contributed by atoms with Crippen LogP contribution in [0.1, 0.15) is 41.1 Å². The molecule has 5 rings (SSSR count). The summed E-state index contributed by atoms with van der Waals surface area (Å²) in [4.78, 5) is 12.8. The fourth-order valence-corrected chi connectivity index (χ4v) is 3.95. The van der Waals surface area contributed by atoms with Crippen LogP contribution in [-0.4, -0.2) is 18.5 Å². The number of amides is 1. The zero-order chi connectivity index (χ0) is 19.6. The molecule has 0 radical (unpaired) electrons. The van der Waals surface area contributed by atoms with E-state index in [-0.39, 0.29) is 5.91 Å². The summed E-state index contributed by atoms with van der Waals surface area (Å²) in [6, 6.07) is 26.9. The molecule has 0 spiro atoms. The molecular weight excluding hydrogens is 356 g/mol. The number of nitrogens with one attached hydrogen (secondary N) is 2. The second-order valence-corrected chi connectivity index (χ2v) is 8.33. The number of hydrogen-bond donors (Lipinski definition) is 2. The largest absolute Gasteiger partial charge is 0.322 e. The van der Waals surface area contributed by atoms with Gasteiger partial charge in [0.2, 0.25) is 0 Å². The average Bonchev–Trinajstić information content (AvgIpc) is 3.68. The molecule has 3 heteroatoms. The molecule has 0 heterocycles. The molecule has 2 N–H and O–H groups in total. The molecule has 29 heavy (non-hydrogen) atoms. The first-order valence-electron chi connectivity index (χ1n) is 10.6. The normalized spacial score (nSPS) is 20.3. The van der Waals surface area contributed by atoms with Crippen molar-refractivity contribution in [2.75, 3.05) is 11.9 Å². The van der Waals surface area contributed by atoms with Crippen LogP contribution < -0.4 is 10.6 Å². The lowest BCUT2D eigenvalue weighted by atomic mass is 10.0. The summed E-state index contributed by atoms with van der Waals surface area (Å²) in [5.41, 5.74) is 5.05. The molecule has 3 aromatic carbocycles. The Morgan fingerprint density at radius 2 is 1.66 bits per heavy atom. The molecule has 2 aliphatic carbocycles. The Bertz CT molecular complexity index is 1010. The Hall–Kier alpha value is -2.91. The van der Waals surface area contributed by atoms with Crippen molar-refractivity contribution in [3.63, 3.8) is 0 Å². The molecule has 2 unspecified atom stereocenters. The first-order valence-corrected chi connectivity index (χ1v) is 10.6. The van der Waals surface area contributed by atoms with Gasteiger partial charge >= 0.3 is 0 Å². The third-order valence-electron chi connectivity index (χ3n) is 5.96. The molecule has 1 amide bonds. The summed E-state index contributed by atoms with van der Waals surface area (Å²) in [6.45, 7) is 1.15. The SMILES string of the molecule is O=C(Nc1cccc(-c2ccccc2)c1)c1cccc(C2CC2NCC2CC2)c1. The van der Waals surface area contributed by atoms with E-state index in [1.54, 1.807) is 0 Å². The van der Waals surface area contributed by atoms with Gasteiger partial charge in [-0.15, -0.1) is 0 Å². The lowest BCUT2D eigenvalue weighted by molar-refractivity contribution is 0.102. The van der Waals surface area contributed by atoms with E-state index in [0.29, 0.717) is 12.0 Å². The van der Waals surface area contributed by atoms with Gasteiger partial charge < -0.3 is 10.6 Å². The van der Waals surface area contributed by atoms with E-state index in [1.165, 1.54) is 24.8 Å². The summed E-state index contributed by atoms with van der Waals surface area (Å²) < 4.78 is 0. The van der Waals surface area contributed by atoms with Gasteiger partial charge in [0, 0.05) is 23.2 Å². The number of rotatable bonds is 7. The van der Waals surface area contributed by atoms with Crippen molar-refractivity contribution < 1.29 is 4.79 Å². The highest BCUT2D eigenvalue weighted by atomic mass is 16.1. The standard InChI is InChI=1S/C26H26N2O/c29-26(28-23-11-5-8-20(15-23)19-6-2-1-3-7-19)22-10-4-9-21(14-22)24-16-25(24)27-17-18-12-13-18/h1-11,14-15,18,24-25,27H,12-13,16-17H2,(H,28,29). The molecule has 0 bridgehead atoms. The van der Waals surface area contributed by atoms with Gasteiger partial charge in [0.1, 0.15) is 0 Å². The minimum absolute atomic E-state index is 0.0554. The van der Waals surface area contributed by atoms with Crippen LogP contribution in [0, 0.1) is 5.92 Å². The first kappa shape index (κ1) is 18.1. The van der Waals surface area contributed by atoms with Crippen molar-refractivity contribution in [2.24, 2.45) is 5.92 Å². The summed E-state index contributed by atoms with van der Waals surface area (Å²) in [5, 5.41) is 6.74. The number of carbonyl (C=O) groups is 1. The maximum Gasteiger partial charge on any atom is 0.255 e. The molecule has 3 nitrogen and oxygen atoms in total. The highest BCUT2D eigenvalue weighted by molar-refractivity contribution is 6.04. The third-order valence-corrected chi connectivity index (χ3v) is 5.96. The van der Waals surface area contributed by atoms with Crippen molar-refractivity contribution in [2.45, 2.75) is 31.2 Å². The highest BCUT2D eigenvalue weighted by Gasteiger charge is 2.39. The minimum atomic E-state index is -0.0554. The number of carbonyl (C=O) groups excluding carboxylic acids is 1. The van der Waals surface area contributed by atoms with Crippen molar-refractivity contribution in [3.8, 4) is 11.1 Å². The summed E-state index contributed by atoms with van der Waals surface area (Å²) >= 11 is 0. The van der Waals surface area contributed by atoms with Gasteiger partial charge in [-0.05, 0) is 72.7 Å². The van der Waals surface area contributed by atoms with Crippen LogP contribution in [0.25, 0.3) is 11.1 Å². The quantitative estimate of drug-likeness (QED) is 0.569. The summed E-state index contributed by atoms with van der Waals surface area (Å²) in [5.74, 6) is 1.39. The van der Waals surface area contributed by atoms with E-state index < -0.39 is 0 Å². The van der Waals surface area contributed by atoms with Crippen LogP contribution in [0.15, 0.2) is 78.9 Å². The maximum atomic E-state index is 12.8. The lowest BCUT2D eigenvalue weighted by Crippen LogP contribution is -2.20. The summed E-state index contributed by atoms with van der Waals surface area (Å²) in [6.07, 6.45) is 3.94. The van der Waals surface area contributed by atoms with Gasteiger partial charge in [0.05, 0.1) is 0 Å². The van der Waals surface area contributed by atoms with E-state index in [2.05, 4.69) is 41.0 Å². The van der Waals surface area contributed by atoms with E-state index in [1.807, 2.05) is 48.5 Å². The highest BCUT2D eigenvalue weighted by Crippen LogP contribution is 2.42. The molecule has 0 aromatic heterocycles. The second-order valence-electron chi connectivity index (χ2n) is 8.33. The zero-order valence-corrected chi connectivity index (χ0v) is 16.5. The molecule has 2 fully saturated rings.